The molecule has 0 bridgehead atoms. The van der Waals surface area contributed by atoms with Gasteiger partial charge in [0, 0.05) is 17.6 Å². The number of hydrogen-bond acceptors (Lipinski definition) is 3. The molecule has 24 heavy (non-hydrogen) atoms. The van der Waals surface area contributed by atoms with Crippen molar-refractivity contribution < 1.29 is 14.7 Å². The maximum absolute atomic E-state index is 12.6. The Morgan fingerprint density at radius 3 is 2.42 bits per heavy atom. The van der Waals surface area contributed by atoms with Crippen LogP contribution in [0.3, 0.4) is 0 Å². The van der Waals surface area contributed by atoms with Crippen LogP contribution in [0.4, 0.5) is 0 Å². The summed E-state index contributed by atoms with van der Waals surface area (Å²) in [5.41, 5.74) is 1.68. The van der Waals surface area contributed by atoms with E-state index in [1.165, 1.54) is 0 Å². The van der Waals surface area contributed by atoms with Crippen molar-refractivity contribution in [2.75, 3.05) is 13.1 Å². The molecular formula is C19H28N2O3. The summed E-state index contributed by atoms with van der Waals surface area (Å²) in [7, 11) is 0. The number of amides is 1. The molecule has 0 aromatic heterocycles. The van der Waals surface area contributed by atoms with Gasteiger partial charge in [0.1, 0.15) is 0 Å². The van der Waals surface area contributed by atoms with Crippen molar-refractivity contribution in [2.24, 2.45) is 0 Å². The second-order valence-corrected chi connectivity index (χ2v) is 7.55. The Balaban J connectivity index is 1.95. The number of carboxylic acid groups (broad SMARTS) is 1. The van der Waals surface area contributed by atoms with Crippen molar-refractivity contribution in [1.82, 2.24) is 10.2 Å². The lowest BCUT2D eigenvalue weighted by atomic mass is 9.82. The zero-order valence-electron chi connectivity index (χ0n) is 15.0. The zero-order valence-corrected chi connectivity index (χ0v) is 15.0. The van der Waals surface area contributed by atoms with Crippen molar-refractivity contribution >= 4 is 11.9 Å². The van der Waals surface area contributed by atoms with E-state index in [0.29, 0.717) is 6.54 Å². The van der Waals surface area contributed by atoms with Gasteiger partial charge in [-0.05, 0) is 36.4 Å². The standard InChI is InChI=1S/C19H28N2O3/c1-5-21(12-17(22)23)14-10-13(11-14)20-18(24)15-8-6-7-9-16(15)19(2,3)4/h6-9,13-14H,5,10-12H2,1-4H3,(H,20,24)(H,22,23). The van der Waals surface area contributed by atoms with Crippen LogP contribution in [-0.4, -0.2) is 47.1 Å². The van der Waals surface area contributed by atoms with Gasteiger partial charge in [0.05, 0.1) is 6.54 Å². The van der Waals surface area contributed by atoms with Gasteiger partial charge in [0.2, 0.25) is 0 Å². The van der Waals surface area contributed by atoms with Gasteiger partial charge in [0.25, 0.3) is 5.91 Å². The number of benzene rings is 1. The van der Waals surface area contributed by atoms with Crippen LogP contribution in [0.1, 0.15) is 56.5 Å². The molecule has 1 fully saturated rings. The minimum Gasteiger partial charge on any atom is -0.480 e. The third-order valence-corrected chi connectivity index (χ3v) is 4.69. The summed E-state index contributed by atoms with van der Waals surface area (Å²) >= 11 is 0. The lowest BCUT2D eigenvalue weighted by molar-refractivity contribution is -0.139. The van der Waals surface area contributed by atoms with Crippen molar-refractivity contribution in [3.05, 3.63) is 35.4 Å². The number of nitrogens with zero attached hydrogens (tertiary/aromatic N) is 1. The molecule has 0 radical (unpaired) electrons. The molecule has 0 atom stereocenters. The van der Waals surface area contributed by atoms with Crippen LogP contribution in [0.2, 0.25) is 0 Å². The SMILES string of the molecule is CCN(CC(=O)O)C1CC(NC(=O)c2ccccc2C(C)(C)C)C1. The predicted molar refractivity (Wildman–Crippen MR) is 94.3 cm³/mol. The molecule has 1 saturated carbocycles. The van der Waals surface area contributed by atoms with Gasteiger partial charge in [-0.25, -0.2) is 0 Å². The Hall–Kier alpha value is -1.88. The van der Waals surface area contributed by atoms with E-state index in [0.717, 1.165) is 24.0 Å². The highest BCUT2D eigenvalue weighted by Crippen LogP contribution is 2.28. The number of carbonyl (C=O) groups is 2. The number of carbonyl (C=O) groups excluding carboxylic acids is 1. The highest BCUT2D eigenvalue weighted by molar-refractivity contribution is 5.96. The molecule has 0 unspecified atom stereocenters. The third-order valence-electron chi connectivity index (χ3n) is 4.69. The number of nitrogens with one attached hydrogen (secondary N) is 1. The summed E-state index contributed by atoms with van der Waals surface area (Å²) in [5, 5.41) is 12.0. The fraction of sp³-hybridized carbons (Fsp3) is 0.579. The Morgan fingerprint density at radius 1 is 1.25 bits per heavy atom. The minimum atomic E-state index is -0.802. The highest BCUT2D eigenvalue weighted by Gasteiger charge is 2.35. The quantitative estimate of drug-likeness (QED) is 0.840. The van der Waals surface area contributed by atoms with Gasteiger partial charge in [0.15, 0.2) is 0 Å². The van der Waals surface area contributed by atoms with E-state index < -0.39 is 5.97 Å². The third kappa shape index (κ3) is 4.35. The molecule has 5 heteroatoms. The average Bonchev–Trinajstić information content (AvgIpc) is 2.47. The Kier molecular flexibility index (Phi) is 5.65. The van der Waals surface area contributed by atoms with E-state index in [-0.39, 0.29) is 30.0 Å². The molecule has 1 amide bonds. The first-order chi connectivity index (χ1) is 11.2. The highest BCUT2D eigenvalue weighted by atomic mass is 16.4. The predicted octanol–water partition coefficient (Wildman–Crippen LogP) is 2.65. The van der Waals surface area contributed by atoms with Gasteiger partial charge in [-0.15, -0.1) is 0 Å². The van der Waals surface area contributed by atoms with Crippen LogP contribution in [0, 0.1) is 0 Å². The maximum atomic E-state index is 12.6. The topological polar surface area (TPSA) is 69.6 Å². The van der Waals surface area contributed by atoms with E-state index in [4.69, 9.17) is 5.11 Å². The first-order valence-corrected chi connectivity index (χ1v) is 8.58. The van der Waals surface area contributed by atoms with Crippen molar-refractivity contribution in [2.45, 2.75) is 58.0 Å². The Labute approximate surface area is 144 Å². The van der Waals surface area contributed by atoms with E-state index in [2.05, 4.69) is 26.1 Å². The average molecular weight is 332 g/mol. The van der Waals surface area contributed by atoms with Crippen LogP contribution in [0.15, 0.2) is 24.3 Å². The second-order valence-electron chi connectivity index (χ2n) is 7.55. The Morgan fingerprint density at radius 2 is 1.88 bits per heavy atom. The summed E-state index contributed by atoms with van der Waals surface area (Å²) in [4.78, 5) is 25.5. The summed E-state index contributed by atoms with van der Waals surface area (Å²) in [6.07, 6.45) is 1.62. The molecule has 1 aliphatic carbocycles. The summed E-state index contributed by atoms with van der Waals surface area (Å²) in [5.74, 6) is -0.839. The number of aliphatic carboxylic acids is 1. The van der Waals surface area contributed by atoms with Crippen LogP contribution in [0.25, 0.3) is 0 Å². The smallest absolute Gasteiger partial charge is 0.317 e. The van der Waals surface area contributed by atoms with Crippen molar-refractivity contribution in [3.63, 3.8) is 0 Å². The molecule has 1 aromatic carbocycles. The normalized spacial score (nSPS) is 20.5. The van der Waals surface area contributed by atoms with Crippen molar-refractivity contribution in [1.29, 1.82) is 0 Å². The molecule has 1 aromatic rings. The van der Waals surface area contributed by atoms with Crippen LogP contribution >= 0.6 is 0 Å². The fourth-order valence-corrected chi connectivity index (χ4v) is 3.27. The molecule has 0 heterocycles. The summed E-state index contributed by atoms with van der Waals surface area (Å²) in [6, 6.07) is 8.09. The molecule has 0 spiro atoms. The maximum Gasteiger partial charge on any atom is 0.317 e. The Bertz CT molecular complexity index is 601. The summed E-state index contributed by atoms with van der Waals surface area (Å²) < 4.78 is 0. The molecule has 0 saturated heterocycles. The first-order valence-electron chi connectivity index (χ1n) is 8.58. The van der Waals surface area contributed by atoms with Gasteiger partial charge >= 0.3 is 5.97 Å². The van der Waals surface area contributed by atoms with E-state index in [1.807, 2.05) is 36.1 Å². The van der Waals surface area contributed by atoms with E-state index in [1.54, 1.807) is 0 Å². The lowest BCUT2D eigenvalue weighted by Gasteiger charge is -2.42. The zero-order chi connectivity index (χ0) is 17.9. The van der Waals surface area contributed by atoms with Gasteiger partial charge in [-0.3, -0.25) is 14.5 Å². The van der Waals surface area contributed by atoms with Crippen molar-refractivity contribution in [3.8, 4) is 0 Å². The number of carboxylic acids is 1. The first kappa shape index (κ1) is 18.5. The second kappa shape index (κ2) is 7.34. The number of likely N-dealkylation sites (N-methyl/N-ethyl adjacent to an activating group) is 1. The van der Waals surface area contributed by atoms with Gasteiger partial charge < -0.3 is 10.4 Å². The molecule has 132 valence electrons. The van der Waals surface area contributed by atoms with Gasteiger partial charge in [-0.1, -0.05) is 45.9 Å². The fourth-order valence-electron chi connectivity index (χ4n) is 3.27. The van der Waals surface area contributed by atoms with Gasteiger partial charge in [-0.2, -0.15) is 0 Å². The lowest BCUT2D eigenvalue weighted by Crippen LogP contribution is -2.54. The van der Waals surface area contributed by atoms with E-state index in [9.17, 15) is 9.59 Å². The van der Waals surface area contributed by atoms with Crippen LogP contribution < -0.4 is 5.32 Å². The monoisotopic (exact) mass is 332 g/mol. The minimum absolute atomic E-state index is 0.0368. The molecule has 2 rings (SSSR count). The largest absolute Gasteiger partial charge is 0.480 e. The van der Waals surface area contributed by atoms with Crippen LogP contribution in [-0.2, 0) is 10.2 Å². The molecular weight excluding hydrogens is 304 g/mol. The molecule has 0 aliphatic heterocycles. The number of rotatable bonds is 6. The molecule has 5 nitrogen and oxygen atoms in total. The van der Waals surface area contributed by atoms with Crippen LogP contribution in [0.5, 0.6) is 0 Å². The molecule has 2 N–H and O–H groups in total. The van der Waals surface area contributed by atoms with E-state index >= 15 is 0 Å². The summed E-state index contributed by atoms with van der Waals surface area (Å²) in [6.45, 7) is 9.05. The molecule has 1 aliphatic rings. The number of hydrogen-bond donors (Lipinski definition) is 2.